The second-order valence-corrected chi connectivity index (χ2v) is 4.87. The molecule has 0 bridgehead atoms. The monoisotopic (exact) mass is 270 g/mol. The summed E-state index contributed by atoms with van der Waals surface area (Å²) in [5.41, 5.74) is 1.20. The first kappa shape index (κ1) is 11.0. The SMILES string of the molecule is COc1ccc(C(CO)C2CC2)cc1Br. The van der Waals surface area contributed by atoms with Crippen molar-refractivity contribution in [3.05, 3.63) is 28.2 Å². The molecule has 3 heteroatoms. The fourth-order valence-electron chi connectivity index (χ4n) is 1.94. The average Bonchev–Trinajstić information content (AvgIpc) is 3.03. The summed E-state index contributed by atoms with van der Waals surface area (Å²) < 4.78 is 6.14. The Bertz CT molecular complexity index is 347. The van der Waals surface area contributed by atoms with Gasteiger partial charge in [0.15, 0.2) is 0 Å². The molecule has 1 aromatic rings. The number of ether oxygens (including phenoxy) is 1. The van der Waals surface area contributed by atoms with Crippen LogP contribution in [-0.4, -0.2) is 18.8 Å². The minimum atomic E-state index is 0.240. The zero-order valence-corrected chi connectivity index (χ0v) is 10.3. The number of aliphatic hydroxyl groups excluding tert-OH is 1. The van der Waals surface area contributed by atoms with Crippen molar-refractivity contribution in [3.8, 4) is 5.75 Å². The van der Waals surface area contributed by atoms with Gasteiger partial charge in [0, 0.05) is 5.92 Å². The molecule has 2 nitrogen and oxygen atoms in total. The molecule has 1 aliphatic carbocycles. The zero-order chi connectivity index (χ0) is 10.8. The third kappa shape index (κ3) is 2.34. The van der Waals surface area contributed by atoms with Crippen LogP contribution in [-0.2, 0) is 0 Å². The molecular weight excluding hydrogens is 256 g/mol. The highest BCUT2D eigenvalue weighted by Gasteiger charge is 2.31. The van der Waals surface area contributed by atoms with Crippen molar-refractivity contribution in [2.24, 2.45) is 5.92 Å². The van der Waals surface area contributed by atoms with E-state index in [1.807, 2.05) is 12.1 Å². The van der Waals surface area contributed by atoms with E-state index in [0.29, 0.717) is 11.8 Å². The molecule has 1 N–H and O–H groups in total. The number of halogens is 1. The number of methoxy groups -OCH3 is 1. The molecule has 0 radical (unpaired) electrons. The summed E-state index contributed by atoms with van der Waals surface area (Å²) in [6, 6.07) is 6.05. The van der Waals surface area contributed by atoms with Gasteiger partial charge in [-0.15, -0.1) is 0 Å². The Balaban J connectivity index is 2.23. The molecule has 1 fully saturated rings. The van der Waals surface area contributed by atoms with E-state index < -0.39 is 0 Å². The molecule has 0 amide bonds. The summed E-state index contributed by atoms with van der Waals surface area (Å²) in [5, 5.41) is 9.36. The lowest BCUT2D eigenvalue weighted by atomic mass is 9.95. The van der Waals surface area contributed by atoms with Gasteiger partial charge in [-0.3, -0.25) is 0 Å². The van der Waals surface area contributed by atoms with Gasteiger partial charge in [-0.2, -0.15) is 0 Å². The maximum absolute atomic E-state index is 9.36. The second kappa shape index (κ2) is 4.54. The molecule has 0 heterocycles. The van der Waals surface area contributed by atoms with Crippen molar-refractivity contribution in [1.29, 1.82) is 0 Å². The van der Waals surface area contributed by atoms with Crippen molar-refractivity contribution in [2.45, 2.75) is 18.8 Å². The van der Waals surface area contributed by atoms with E-state index in [4.69, 9.17) is 4.74 Å². The minimum absolute atomic E-state index is 0.240. The van der Waals surface area contributed by atoms with E-state index in [0.717, 1.165) is 10.2 Å². The topological polar surface area (TPSA) is 29.5 Å². The summed E-state index contributed by atoms with van der Waals surface area (Å²) in [7, 11) is 1.66. The maximum atomic E-state index is 9.36. The third-order valence-corrected chi connectivity index (χ3v) is 3.61. The van der Waals surface area contributed by atoms with Crippen LogP contribution in [0.5, 0.6) is 5.75 Å². The fourth-order valence-corrected chi connectivity index (χ4v) is 2.50. The van der Waals surface area contributed by atoms with Crippen molar-refractivity contribution in [2.75, 3.05) is 13.7 Å². The van der Waals surface area contributed by atoms with E-state index >= 15 is 0 Å². The normalized spacial score (nSPS) is 17.5. The molecule has 82 valence electrons. The highest BCUT2D eigenvalue weighted by molar-refractivity contribution is 9.10. The second-order valence-electron chi connectivity index (χ2n) is 4.02. The lowest BCUT2D eigenvalue weighted by molar-refractivity contribution is 0.253. The predicted molar refractivity (Wildman–Crippen MR) is 63.2 cm³/mol. The van der Waals surface area contributed by atoms with Crippen LogP contribution < -0.4 is 4.74 Å². The first-order valence-electron chi connectivity index (χ1n) is 5.20. The van der Waals surface area contributed by atoms with Crippen molar-refractivity contribution < 1.29 is 9.84 Å². The molecular formula is C12H15BrO2. The molecule has 2 rings (SSSR count). The predicted octanol–water partition coefficient (Wildman–Crippen LogP) is 2.94. The lowest BCUT2D eigenvalue weighted by Crippen LogP contribution is -2.06. The Morgan fingerprint density at radius 2 is 2.27 bits per heavy atom. The number of benzene rings is 1. The minimum Gasteiger partial charge on any atom is -0.496 e. The molecule has 1 aliphatic rings. The van der Waals surface area contributed by atoms with Crippen LogP contribution in [0, 0.1) is 5.92 Å². The summed E-state index contributed by atoms with van der Waals surface area (Å²) in [4.78, 5) is 0. The highest BCUT2D eigenvalue weighted by Crippen LogP contribution is 2.43. The molecule has 1 atom stereocenters. The number of hydrogen-bond acceptors (Lipinski definition) is 2. The smallest absolute Gasteiger partial charge is 0.133 e. The van der Waals surface area contributed by atoms with Gasteiger partial charge < -0.3 is 9.84 Å². The Hall–Kier alpha value is -0.540. The van der Waals surface area contributed by atoms with Gasteiger partial charge >= 0.3 is 0 Å². The van der Waals surface area contributed by atoms with Gasteiger partial charge in [0.05, 0.1) is 18.2 Å². The van der Waals surface area contributed by atoms with Crippen LogP contribution in [0.3, 0.4) is 0 Å². The first-order chi connectivity index (χ1) is 7.26. The summed E-state index contributed by atoms with van der Waals surface area (Å²) in [5.74, 6) is 1.81. The summed E-state index contributed by atoms with van der Waals surface area (Å²) in [6.45, 7) is 0.240. The number of rotatable bonds is 4. The van der Waals surface area contributed by atoms with Crippen LogP contribution in [0.2, 0.25) is 0 Å². The van der Waals surface area contributed by atoms with Gasteiger partial charge in [0.25, 0.3) is 0 Å². The Morgan fingerprint density at radius 1 is 1.53 bits per heavy atom. The quantitative estimate of drug-likeness (QED) is 0.912. The fraction of sp³-hybridized carbons (Fsp3) is 0.500. The van der Waals surface area contributed by atoms with E-state index in [1.54, 1.807) is 7.11 Å². The van der Waals surface area contributed by atoms with Crippen molar-refractivity contribution in [1.82, 2.24) is 0 Å². The number of hydrogen-bond donors (Lipinski definition) is 1. The molecule has 1 saturated carbocycles. The molecule has 0 spiro atoms. The molecule has 0 saturated heterocycles. The molecule has 1 unspecified atom stereocenters. The van der Waals surface area contributed by atoms with Gasteiger partial charge in [-0.05, 0) is 52.4 Å². The Labute approximate surface area is 98.4 Å². The molecule has 1 aromatic carbocycles. The van der Waals surface area contributed by atoms with E-state index in [1.165, 1.54) is 18.4 Å². The van der Waals surface area contributed by atoms with Gasteiger partial charge in [-0.1, -0.05) is 6.07 Å². The highest BCUT2D eigenvalue weighted by atomic mass is 79.9. The van der Waals surface area contributed by atoms with Crippen LogP contribution in [0.1, 0.15) is 24.3 Å². The maximum Gasteiger partial charge on any atom is 0.133 e. The standard InChI is InChI=1S/C12H15BrO2/c1-15-12-5-4-9(6-11(12)13)10(7-14)8-2-3-8/h4-6,8,10,14H,2-3,7H2,1H3. The van der Waals surface area contributed by atoms with E-state index in [2.05, 4.69) is 22.0 Å². The first-order valence-corrected chi connectivity index (χ1v) is 6.00. The number of aliphatic hydroxyl groups is 1. The van der Waals surface area contributed by atoms with Crippen molar-refractivity contribution in [3.63, 3.8) is 0 Å². The summed E-state index contributed by atoms with van der Waals surface area (Å²) >= 11 is 3.47. The van der Waals surface area contributed by atoms with Crippen LogP contribution >= 0.6 is 15.9 Å². The third-order valence-electron chi connectivity index (χ3n) is 2.99. The van der Waals surface area contributed by atoms with E-state index in [9.17, 15) is 5.11 Å². The van der Waals surface area contributed by atoms with Gasteiger partial charge in [0.2, 0.25) is 0 Å². The van der Waals surface area contributed by atoms with Crippen molar-refractivity contribution >= 4 is 15.9 Å². The summed E-state index contributed by atoms with van der Waals surface area (Å²) in [6.07, 6.45) is 2.49. The Morgan fingerprint density at radius 3 is 2.73 bits per heavy atom. The lowest BCUT2D eigenvalue weighted by Gasteiger charge is -2.14. The average molecular weight is 271 g/mol. The zero-order valence-electron chi connectivity index (χ0n) is 8.74. The molecule has 0 aromatic heterocycles. The molecule has 15 heavy (non-hydrogen) atoms. The van der Waals surface area contributed by atoms with Crippen LogP contribution in [0.15, 0.2) is 22.7 Å². The van der Waals surface area contributed by atoms with Gasteiger partial charge in [0.1, 0.15) is 5.75 Å². The molecule has 0 aliphatic heterocycles. The van der Waals surface area contributed by atoms with Crippen LogP contribution in [0.25, 0.3) is 0 Å². The largest absolute Gasteiger partial charge is 0.496 e. The van der Waals surface area contributed by atoms with Gasteiger partial charge in [-0.25, -0.2) is 0 Å². The van der Waals surface area contributed by atoms with E-state index in [-0.39, 0.29) is 6.61 Å². The van der Waals surface area contributed by atoms with Crippen LogP contribution in [0.4, 0.5) is 0 Å². The Kier molecular flexibility index (Phi) is 3.32.